The van der Waals surface area contributed by atoms with Gasteiger partial charge >= 0.3 is 0 Å². The molecule has 0 heterocycles. The summed E-state index contributed by atoms with van der Waals surface area (Å²) in [5.74, 6) is -0.110. The summed E-state index contributed by atoms with van der Waals surface area (Å²) >= 11 is 0. The molecule has 0 radical (unpaired) electrons. The third-order valence-corrected chi connectivity index (χ3v) is 2.29. The van der Waals surface area contributed by atoms with Crippen LogP contribution in [0.25, 0.3) is 0 Å². The minimum absolute atomic E-state index is 0.110. The van der Waals surface area contributed by atoms with E-state index >= 15 is 0 Å². The van der Waals surface area contributed by atoms with Crippen molar-refractivity contribution >= 4 is 17.3 Å². The summed E-state index contributed by atoms with van der Waals surface area (Å²) in [6.45, 7) is 3.38. The number of aliphatic hydroxyl groups excluding tert-OH is 2. The van der Waals surface area contributed by atoms with E-state index in [9.17, 15) is 9.90 Å². The zero-order chi connectivity index (χ0) is 12.8. The van der Waals surface area contributed by atoms with Crippen molar-refractivity contribution < 1.29 is 15.0 Å². The number of aryl methyl sites for hydroxylation is 1. The second-order valence-electron chi connectivity index (χ2n) is 3.93. The van der Waals surface area contributed by atoms with Gasteiger partial charge in [0, 0.05) is 24.8 Å². The van der Waals surface area contributed by atoms with Gasteiger partial charge in [0.05, 0.1) is 12.7 Å². The topological polar surface area (TPSA) is 81.6 Å². The van der Waals surface area contributed by atoms with E-state index in [1.807, 2.05) is 19.1 Å². The van der Waals surface area contributed by atoms with Crippen molar-refractivity contribution in [3.63, 3.8) is 0 Å². The highest BCUT2D eigenvalue weighted by atomic mass is 16.3. The third kappa shape index (κ3) is 4.42. The Morgan fingerprint density at radius 3 is 2.71 bits per heavy atom. The fourth-order valence-electron chi connectivity index (χ4n) is 1.44. The van der Waals surface area contributed by atoms with E-state index in [0.29, 0.717) is 0 Å². The average Bonchev–Trinajstić information content (AvgIpc) is 2.26. The molecule has 0 aliphatic carbocycles. The van der Waals surface area contributed by atoms with Crippen LogP contribution in [-0.2, 0) is 4.79 Å². The Balaban J connectivity index is 2.66. The van der Waals surface area contributed by atoms with Crippen LogP contribution in [-0.4, -0.2) is 35.4 Å². The van der Waals surface area contributed by atoms with Gasteiger partial charge in [-0.1, -0.05) is 0 Å². The normalized spacial score (nSPS) is 12.0. The van der Waals surface area contributed by atoms with Gasteiger partial charge in [0.15, 0.2) is 0 Å². The first-order valence-corrected chi connectivity index (χ1v) is 5.44. The number of anilines is 2. The van der Waals surface area contributed by atoms with Crippen LogP contribution in [0.15, 0.2) is 18.2 Å². The Labute approximate surface area is 100 Å². The van der Waals surface area contributed by atoms with E-state index in [4.69, 9.17) is 5.11 Å². The lowest BCUT2D eigenvalue weighted by molar-refractivity contribution is -0.114. The van der Waals surface area contributed by atoms with Gasteiger partial charge < -0.3 is 20.8 Å². The number of rotatable bonds is 5. The minimum Gasteiger partial charge on any atom is -0.394 e. The van der Waals surface area contributed by atoms with Crippen molar-refractivity contribution in [2.75, 3.05) is 23.8 Å². The number of amides is 1. The van der Waals surface area contributed by atoms with Gasteiger partial charge in [-0.15, -0.1) is 0 Å². The summed E-state index contributed by atoms with van der Waals surface area (Å²) in [6, 6.07) is 5.45. The molecule has 0 aromatic heterocycles. The standard InChI is InChI=1S/C12H18N2O3/c1-8-5-10(14-9(2)16)3-4-12(8)13-6-11(17)7-15/h3-5,11,13,15,17H,6-7H2,1-2H3,(H,14,16). The van der Waals surface area contributed by atoms with Crippen LogP contribution in [0.1, 0.15) is 12.5 Å². The first-order chi connectivity index (χ1) is 8.02. The molecule has 0 bridgehead atoms. The predicted octanol–water partition coefficient (Wildman–Crippen LogP) is 0.719. The lowest BCUT2D eigenvalue weighted by Crippen LogP contribution is -2.23. The predicted molar refractivity (Wildman–Crippen MR) is 67.1 cm³/mol. The number of carbonyl (C=O) groups is 1. The highest BCUT2D eigenvalue weighted by Gasteiger charge is 2.04. The summed E-state index contributed by atoms with van der Waals surface area (Å²) in [7, 11) is 0. The molecule has 0 fully saturated rings. The van der Waals surface area contributed by atoms with Gasteiger partial charge in [-0.25, -0.2) is 0 Å². The summed E-state index contributed by atoms with van der Waals surface area (Å²) in [5.41, 5.74) is 2.57. The van der Waals surface area contributed by atoms with Crippen molar-refractivity contribution in [3.05, 3.63) is 23.8 Å². The number of benzene rings is 1. The van der Waals surface area contributed by atoms with Crippen LogP contribution < -0.4 is 10.6 Å². The summed E-state index contributed by atoms with van der Waals surface area (Å²) in [5, 5.41) is 23.6. The molecule has 1 rings (SSSR count). The van der Waals surface area contributed by atoms with E-state index in [2.05, 4.69) is 10.6 Å². The van der Waals surface area contributed by atoms with Crippen molar-refractivity contribution in [2.45, 2.75) is 20.0 Å². The van der Waals surface area contributed by atoms with Gasteiger partial charge in [-0.3, -0.25) is 4.79 Å². The van der Waals surface area contributed by atoms with E-state index in [1.165, 1.54) is 6.92 Å². The number of hydrogen-bond donors (Lipinski definition) is 4. The smallest absolute Gasteiger partial charge is 0.221 e. The molecule has 1 aromatic carbocycles. The average molecular weight is 238 g/mol. The Kier molecular flexibility index (Phi) is 4.93. The molecule has 0 saturated heterocycles. The Morgan fingerprint density at radius 1 is 1.47 bits per heavy atom. The molecule has 4 N–H and O–H groups in total. The first kappa shape index (κ1) is 13.5. The quantitative estimate of drug-likeness (QED) is 0.609. The molecule has 17 heavy (non-hydrogen) atoms. The molecular formula is C12H18N2O3. The second-order valence-corrected chi connectivity index (χ2v) is 3.93. The molecule has 0 aliphatic rings. The van der Waals surface area contributed by atoms with Crippen LogP contribution in [0.2, 0.25) is 0 Å². The Hall–Kier alpha value is -1.59. The van der Waals surface area contributed by atoms with Gasteiger partial charge in [-0.05, 0) is 30.7 Å². The third-order valence-electron chi connectivity index (χ3n) is 2.29. The molecule has 94 valence electrons. The lowest BCUT2D eigenvalue weighted by Gasteiger charge is -2.13. The van der Waals surface area contributed by atoms with E-state index in [0.717, 1.165) is 16.9 Å². The van der Waals surface area contributed by atoms with Gasteiger partial charge in [-0.2, -0.15) is 0 Å². The van der Waals surface area contributed by atoms with Crippen LogP contribution >= 0.6 is 0 Å². The SMILES string of the molecule is CC(=O)Nc1ccc(NCC(O)CO)c(C)c1. The maximum Gasteiger partial charge on any atom is 0.221 e. The molecule has 0 aliphatic heterocycles. The number of nitrogens with one attached hydrogen (secondary N) is 2. The first-order valence-electron chi connectivity index (χ1n) is 5.44. The highest BCUT2D eigenvalue weighted by molar-refractivity contribution is 5.89. The summed E-state index contributed by atoms with van der Waals surface area (Å²) in [6.07, 6.45) is -0.774. The molecule has 1 unspecified atom stereocenters. The molecule has 1 aromatic rings. The van der Waals surface area contributed by atoms with Crippen molar-refractivity contribution in [1.82, 2.24) is 0 Å². The molecule has 0 spiro atoms. The minimum atomic E-state index is -0.774. The second kappa shape index (κ2) is 6.22. The zero-order valence-electron chi connectivity index (χ0n) is 10.0. The fourth-order valence-corrected chi connectivity index (χ4v) is 1.44. The Bertz CT molecular complexity index is 393. The van der Waals surface area contributed by atoms with E-state index < -0.39 is 6.10 Å². The Morgan fingerprint density at radius 2 is 2.18 bits per heavy atom. The van der Waals surface area contributed by atoms with Gasteiger partial charge in [0.25, 0.3) is 0 Å². The maximum atomic E-state index is 10.9. The maximum absolute atomic E-state index is 10.9. The molecule has 1 amide bonds. The molecular weight excluding hydrogens is 220 g/mol. The monoisotopic (exact) mass is 238 g/mol. The van der Waals surface area contributed by atoms with E-state index in [-0.39, 0.29) is 19.1 Å². The lowest BCUT2D eigenvalue weighted by atomic mass is 10.1. The van der Waals surface area contributed by atoms with Crippen molar-refractivity contribution in [2.24, 2.45) is 0 Å². The summed E-state index contributed by atoms with van der Waals surface area (Å²) < 4.78 is 0. The van der Waals surface area contributed by atoms with E-state index in [1.54, 1.807) is 6.07 Å². The van der Waals surface area contributed by atoms with Crippen LogP contribution in [0.3, 0.4) is 0 Å². The highest BCUT2D eigenvalue weighted by Crippen LogP contribution is 2.19. The zero-order valence-corrected chi connectivity index (χ0v) is 10.0. The van der Waals surface area contributed by atoms with Crippen LogP contribution in [0.5, 0.6) is 0 Å². The largest absolute Gasteiger partial charge is 0.394 e. The molecule has 5 nitrogen and oxygen atoms in total. The van der Waals surface area contributed by atoms with Crippen LogP contribution in [0, 0.1) is 6.92 Å². The molecule has 5 heteroatoms. The number of aliphatic hydroxyl groups is 2. The number of hydrogen-bond acceptors (Lipinski definition) is 4. The van der Waals surface area contributed by atoms with Gasteiger partial charge in [0.2, 0.25) is 5.91 Å². The van der Waals surface area contributed by atoms with Crippen molar-refractivity contribution in [1.29, 1.82) is 0 Å². The molecule has 0 saturated carbocycles. The van der Waals surface area contributed by atoms with Crippen molar-refractivity contribution in [3.8, 4) is 0 Å². The fraction of sp³-hybridized carbons (Fsp3) is 0.417. The number of carbonyl (C=O) groups excluding carboxylic acids is 1. The molecule has 1 atom stereocenters. The van der Waals surface area contributed by atoms with Crippen LogP contribution in [0.4, 0.5) is 11.4 Å². The van der Waals surface area contributed by atoms with Gasteiger partial charge in [0.1, 0.15) is 0 Å². The summed E-state index contributed by atoms with van der Waals surface area (Å²) in [4.78, 5) is 10.9.